The normalized spacial score (nSPS) is 11.8. The summed E-state index contributed by atoms with van der Waals surface area (Å²) >= 11 is 6.07. The number of carbonyl (C=O) groups excluding carboxylic acids is 1. The third-order valence-corrected chi connectivity index (χ3v) is 3.66. The second-order valence-corrected chi connectivity index (χ2v) is 5.80. The minimum Gasteiger partial charge on any atom is -0.481 e. The zero-order valence-corrected chi connectivity index (χ0v) is 13.8. The maximum Gasteiger partial charge on any atom is 0.261 e. The standard InChI is InChI=1S/C18H20ClNO2/c1-12-8-13(2)10-16(9-12)22-14(3)18(21)20-11-15-6-4-5-7-17(15)19/h4-10,14H,11H2,1-3H3,(H,20,21). The Bertz CT molecular complexity index is 650. The van der Waals surface area contributed by atoms with Crippen LogP contribution in [0.4, 0.5) is 0 Å². The van der Waals surface area contributed by atoms with E-state index in [1.54, 1.807) is 13.0 Å². The third-order valence-electron chi connectivity index (χ3n) is 3.29. The van der Waals surface area contributed by atoms with Crippen LogP contribution in [0.1, 0.15) is 23.6 Å². The van der Waals surface area contributed by atoms with Crippen molar-refractivity contribution in [1.29, 1.82) is 0 Å². The van der Waals surface area contributed by atoms with Crippen molar-refractivity contribution in [2.45, 2.75) is 33.4 Å². The first-order valence-corrected chi connectivity index (χ1v) is 7.59. The van der Waals surface area contributed by atoms with Crippen LogP contribution < -0.4 is 10.1 Å². The molecule has 0 spiro atoms. The third kappa shape index (κ3) is 4.50. The molecule has 116 valence electrons. The van der Waals surface area contributed by atoms with Gasteiger partial charge in [0.05, 0.1) is 0 Å². The second-order valence-electron chi connectivity index (χ2n) is 5.39. The molecule has 0 radical (unpaired) electrons. The Hall–Kier alpha value is -2.00. The predicted octanol–water partition coefficient (Wildman–Crippen LogP) is 4.04. The van der Waals surface area contributed by atoms with Gasteiger partial charge in [0.1, 0.15) is 5.75 Å². The van der Waals surface area contributed by atoms with Gasteiger partial charge in [0.15, 0.2) is 6.10 Å². The number of amides is 1. The Morgan fingerprint density at radius 2 is 1.82 bits per heavy atom. The number of carbonyl (C=O) groups is 1. The van der Waals surface area contributed by atoms with E-state index in [2.05, 4.69) is 11.4 Å². The van der Waals surface area contributed by atoms with Gasteiger partial charge in [0.2, 0.25) is 0 Å². The summed E-state index contributed by atoms with van der Waals surface area (Å²) < 4.78 is 5.71. The molecular weight excluding hydrogens is 298 g/mol. The molecule has 2 rings (SSSR count). The van der Waals surface area contributed by atoms with Crippen molar-refractivity contribution in [3.63, 3.8) is 0 Å². The first kappa shape index (κ1) is 16.4. The van der Waals surface area contributed by atoms with Gasteiger partial charge < -0.3 is 10.1 Å². The smallest absolute Gasteiger partial charge is 0.261 e. The van der Waals surface area contributed by atoms with Gasteiger partial charge in [0, 0.05) is 11.6 Å². The van der Waals surface area contributed by atoms with Crippen molar-refractivity contribution in [3.05, 3.63) is 64.2 Å². The quantitative estimate of drug-likeness (QED) is 0.903. The van der Waals surface area contributed by atoms with Gasteiger partial charge in [-0.2, -0.15) is 0 Å². The molecule has 0 saturated carbocycles. The topological polar surface area (TPSA) is 38.3 Å². The Morgan fingerprint density at radius 1 is 1.18 bits per heavy atom. The molecule has 0 aromatic heterocycles. The summed E-state index contributed by atoms with van der Waals surface area (Å²) in [6.45, 7) is 6.13. The molecule has 0 aliphatic rings. The van der Waals surface area contributed by atoms with Crippen molar-refractivity contribution in [2.24, 2.45) is 0 Å². The largest absolute Gasteiger partial charge is 0.481 e. The monoisotopic (exact) mass is 317 g/mol. The van der Waals surface area contributed by atoms with Gasteiger partial charge in [-0.1, -0.05) is 35.9 Å². The van der Waals surface area contributed by atoms with Crippen molar-refractivity contribution >= 4 is 17.5 Å². The first-order chi connectivity index (χ1) is 10.5. The van der Waals surface area contributed by atoms with Gasteiger partial charge in [0.25, 0.3) is 5.91 Å². The molecule has 2 aromatic rings. The molecule has 1 unspecified atom stereocenters. The molecule has 0 aliphatic carbocycles. The summed E-state index contributed by atoms with van der Waals surface area (Å²) in [5, 5.41) is 3.48. The van der Waals surface area contributed by atoms with Gasteiger partial charge in [-0.3, -0.25) is 4.79 Å². The highest BCUT2D eigenvalue weighted by molar-refractivity contribution is 6.31. The van der Waals surface area contributed by atoms with Gasteiger partial charge in [-0.15, -0.1) is 0 Å². The van der Waals surface area contributed by atoms with Crippen molar-refractivity contribution in [3.8, 4) is 5.75 Å². The number of halogens is 1. The summed E-state index contributed by atoms with van der Waals surface area (Å²) in [6.07, 6.45) is -0.566. The van der Waals surface area contributed by atoms with Gasteiger partial charge in [-0.05, 0) is 55.7 Å². The average Bonchev–Trinajstić information content (AvgIpc) is 2.45. The number of ether oxygens (including phenoxy) is 1. The highest BCUT2D eigenvalue weighted by Gasteiger charge is 2.15. The molecule has 1 amide bonds. The molecule has 0 fully saturated rings. The lowest BCUT2D eigenvalue weighted by atomic mass is 10.1. The number of aryl methyl sites for hydroxylation is 2. The van der Waals surface area contributed by atoms with Gasteiger partial charge >= 0.3 is 0 Å². The first-order valence-electron chi connectivity index (χ1n) is 7.22. The van der Waals surface area contributed by atoms with Crippen LogP contribution in [0.5, 0.6) is 5.75 Å². The summed E-state index contributed by atoms with van der Waals surface area (Å²) in [4.78, 5) is 12.1. The molecule has 1 atom stereocenters. The number of nitrogens with one attached hydrogen (secondary N) is 1. The molecule has 4 heteroatoms. The van der Waals surface area contributed by atoms with Crippen molar-refractivity contribution < 1.29 is 9.53 Å². The van der Waals surface area contributed by atoms with Crippen LogP contribution >= 0.6 is 11.6 Å². The SMILES string of the molecule is Cc1cc(C)cc(OC(C)C(=O)NCc2ccccc2Cl)c1. The number of hydrogen-bond acceptors (Lipinski definition) is 2. The van der Waals surface area contributed by atoms with Crippen LogP contribution in [0.3, 0.4) is 0 Å². The van der Waals surface area contributed by atoms with Gasteiger partial charge in [-0.25, -0.2) is 0 Å². The molecule has 0 saturated heterocycles. The summed E-state index contributed by atoms with van der Waals surface area (Å²) in [5.41, 5.74) is 3.11. The number of hydrogen-bond donors (Lipinski definition) is 1. The fourth-order valence-corrected chi connectivity index (χ4v) is 2.43. The lowest BCUT2D eigenvalue weighted by Gasteiger charge is -2.16. The fourth-order valence-electron chi connectivity index (χ4n) is 2.23. The minimum absolute atomic E-state index is 0.168. The predicted molar refractivity (Wildman–Crippen MR) is 89.3 cm³/mol. The van der Waals surface area contributed by atoms with E-state index in [1.165, 1.54) is 0 Å². The van der Waals surface area contributed by atoms with E-state index in [9.17, 15) is 4.79 Å². The van der Waals surface area contributed by atoms with E-state index in [-0.39, 0.29) is 5.91 Å². The summed E-state index contributed by atoms with van der Waals surface area (Å²) in [6, 6.07) is 13.4. The second kappa shape index (κ2) is 7.32. The van der Waals surface area contributed by atoms with Crippen LogP contribution in [0.15, 0.2) is 42.5 Å². The van der Waals surface area contributed by atoms with E-state index in [0.29, 0.717) is 17.3 Å². The Labute approximate surface area is 136 Å². The average molecular weight is 318 g/mol. The molecule has 2 aromatic carbocycles. The lowest BCUT2D eigenvalue weighted by molar-refractivity contribution is -0.127. The molecular formula is C18H20ClNO2. The van der Waals surface area contributed by atoms with Crippen LogP contribution in [0, 0.1) is 13.8 Å². The molecule has 3 nitrogen and oxygen atoms in total. The maximum absolute atomic E-state index is 12.1. The van der Waals surface area contributed by atoms with E-state index < -0.39 is 6.10 Å². The number of rotatable bonds is 5. The molecule has 0 heterocycles. The fraction of sp³-hybridized carbons (Fsp3) is 0.278. The Morgan fingerprint density at radius 3 is 2.45 bits per heavy atom. The number of benzene rings is 2. The molecule has 0 bridgehead atoms. The van der Waals surface area contributed by atoms with Crippen LogP contribution in [0.2, 0.25) is 5.02 Å². The zero-order valence-electron chi connectivity index (χ0n) is 13.0. The highest BCUT2D eigenvalue weighted by atomic mass is 35.5. The summed E-state index contributed by atoms with van der Waals surface area (Å²) in [5.74, 6) is 0.539. The van der Waals surface area contributed by atoms with Crippen LogP contribution in [-0.4, -0.2) is 12.0 Å². The van der Waals surface area contributed by atoms with E-state index in [1.807, 2.05) is 44.2 Å². The Kier molecular flexibility index (Phi) is 5.45. The highest BCUT2D eigenvalue weighted by Crippen LogP contribution is 2.18. The molecule has 22 heavy (non-hydrogen) atoms. The maximum atomic E-state index is 12.1. The lowest BCUT2D eigenvalue weighted by Crippen LogP contribution is -2.36. The van der Waals surface area contributed by atoms with Crippen molar-refractivity contribution in [2.75, 3.05) is 0 Å². The summed E-state index contributed by atoms with van der Waals surface area (Å²) in [7, 11) is 0. The molecule has 1 N–H and O–H groups in total. The minimum atomic E-state index is -0.566. The van der Waals surface area contributed by atoms with E-state index >= 15 is 0 Å². The zero-order chi connectivity index (χ0) is 16.1. The van der Waals surface area contributed by atoms with E-state index in [4.69, 9.17) is 16.3 Å². The van der Waals surface area contributed by atoms with Crippen LogP contribution in [0.25, 0.3) is 0 Å². The Balaban J connectivity index is 1.93. The van der Waals surface area contributed by atoms with Crippen molar-refractivity contribution in [1.82, 2.24) is 5.32 Å². The molecule has 0 aliphatic heterocycles. The van der Waals surface area contributed by atoms with E-state index in [0.717, 1.165) is 16.7 Å². The van der Waals surface area contributed by atoms with Crippen LogP contribution in [-0.2, 0) is 11.3 Å².